The van der Waals surface area contributed by atoms with Crippen molar-refractivity contribution in [1.82, 2.24) is 10.2 Å². The third-order valence-corrected chi connectivity index (χ3v) is 2.63. The summed E-state index contributed by atoms with van der Waals surface area (Å²) in [6.07, 6.45) is 1.33. The van der Waals surface area contributed by atoms with Crippen molar-refractivity contribution in [2.45, 2.75) is 0 Å². The van der Waals surface area contributed by atoms with Crippen molar-refractivity contribution in [1.29, 1.82) is 5.26 Å². The quantitative estimate of drug-likeness (QED) is 0.256. The standard InChI is InChI=1S/C14H17N5O3/c1-18(2)7-6-16-10-11(9-15)14(20)17-12-4-3-5-13(8-12)19(21)22/h3-5,8,10,16H,6-7H2,1-2H3,(H,17,20)/b11-10-. The van der Waals surface area contributed by atoms with Gasteiger partial charge in [0, 0.05) is 37.1 Å². The van der Waals surface area contributed by atoms with Crippen LogP contribution in [0.15, 0.2) is 36.0 Å². The van der Waals surface area contributed by atoms with Crippen LogP contribution in [-0.4, -0.2) is 42.9 Å². The van der Waals surface area contributed by atoms with E-state index in [1.54, 1.807) is 6.07 Å². The number of rotatable bonds is 7. The average Bonchev–Trinajstić information content (AvgIpc) is 2.47. The van der Waals surface area contributed by atoms with E-state index in [0.29, 0.717) is 6.54 Å². The highest BCUT2D eigenvalue weighted by Gasteiger charge is 2.11. The molecule has 22 heavy (non-hydrogen) atoms. The van der Waals surface area contributed by atoms with Crippen LogP contribution in [0.4, 0.5) is 11.4 Å². The maximum absolute atomic E-state index is 11.9. The van der Waals surface area contributed by atoms with Gasteiger partial charge in [-0.25, -0.2) is 0 Å². The van der Waals surface area contributed by atoms with E-state index in [1.165, 1.54) is 30.5 Å². The van der Waals surface area contributed by atoms with Crippen molar-refractivity contribution in [2.75, 3.05) is 32.5 Å². The van der Waals surface area contributed by atoms with Gasteiger partial charge in [-0.1, -0.05) is 6.07 Å². The molecule has 0 unspecified atom stereocenters. The van der Waals surface area contributed by atoms with E-state index in [2.05, 4.69) is 10.6 Å². The number of nitrogens with zero attached hydrogens (tertiary/aromatic N) is 3. The summed E-state index contributed by atoms with van der Waals surface area (Å²) >= 11 is 0. The summed E-state index contributed by atoms with van der Waals surface area (Å²) in [7, 11) is 3.82. The molecule has 116 valence electrons. The molecule has 1 aromatic carbocycles. The number of carbonyl (C=O) groups is 1. The molecule has 0 saturated heterocycles. The van der Waals surface area contributed by atoms with Crippen LogP contribution in [-0.2, 0) is 4.79 Å². The number of hydrogen-bond acceptors (Lipinski definition) is 6. The lowest BCUT2D eigenvalue weighted by Gasteiger charge is -2.09. The van der Waals surface area contributed by atoms with Gasteiger partial charge < -0.3 is 15.5 Å². The Kier molecular flexibility index (Phi) is 6.53. The number of nitrogens with one attached hydrogen (secondary N) is 2. The first-order chi connectivity index (χ1) is 10.4. The molecule has 2 N–H and O–H groups in total. The van der Waals surface area contributed by atoms with Gasteiger partial charge in [0.25, 0.3) is 11.6 Å². The Balaban J connectivity index is 2.69. The molecule has 0 spiro atoms. The minimum Gasteiger partial charge on any atom is -0.388 e. The van der Waals surface area contributed by atoms with E-state index in [1.807, 2.05) is 19.0 Å². The van der Waals surface area contributed by atoms with Crippen molar-refractivity contribution in [3.8, 4) is 6.07 Å². The zero-order valence-corrected chi connectivity index (χ0v) is 12.4. The first kappa shape index (κ1) is 17.1. The third-order valence-electron chi connectivity index (χ3n) is 2.63. The molecule has 0 aliphatic heterocycles. The smallest absolute Gasteiger partial charge is 0.271 e. The summed E-state index contributed by atoms with van der Waals surface area (Å²) < 4.78 is 0. The summed E-state index contributed by atoms with van der Waals surface area (Å²) in [6.45, 7) is 1.34. The van der Waals surface area contributed by atoms with Crippen LogP contribution in [0.2, 0.25) is 0 Å². The second kappa shape index (κ2) is 8.39. The van der Waals surface area contributed by atoms with Crippen molar-refractivity contribution < 1.29 is 9.72 Å². The number of likely N-dealkylation sites (N-methyl/N-ethyl adjacent to an activating group) is 1. The van der Waals surface area contributed by atoms with E-state index in [4.69, 9.17) is 5.26 Å². The van der Waals surface area contributed by atoms with E-state index >= 15 is 0 Å². The van der Waals surface area contributed by atoms with Gasteiger partial charge in [0.15, 0.2) is 0 Å². The molecule has 0 bridgehead atoms. The molecule has 8 heteroatoms. The number of carbonyl (C=O) groups excluding carboxylic acids is 1. The number of non-ortho nitro benzene ring substituents is 1. The summed E-state index contributed by atoms with van der Waals surface area (Å²) in [5.41, 5.74) is 0.0169. The van der Waals surface area contributed by atoms with Crippen LogP contribution < -0.4 is 10.6 Å². The number of nitro groups is 1. The lowest BCUT2D eigenvalue weighted by atomic mass is 10.2. The van der Waals surface area contributed by atoms with Gasteiger partial charge in [0.05, 0.1) is 4.92 Å². The second-order valence-electron chi connectivity index (χ2n) is 4.69. The van der Waals surface area contributed by atoms with Gasteiger partial charge in [0.1, 0.15) is 11.6 Å². The molecule has 0 atom stereocenters. The summed E-state index contributed by atoms with van der Waals surface area (Å²) in [5.74, 6) is -0.625. The van der Waals surface area contributed by atoms with Crippen LogP contribution in [0, 0.1) is 21.4 Å². The Labute approximate surface area is 128 Å². The molecule has 0 fully saturated rings. The third kappa shape index (κ3) is 5.60. The monoisotopic (exact) mass is 303 g/mol. The summed E-state index contributed by atoms with van der Waals surface area (Å²) in [5, 5.41) is 25.0. The van der Waals surface area contributed by atoms with Crippen LogP contribution in [0.3, 0.4) is 0 Å². The average molecular weight is 303 g/mol. The summed E-state index contributed by atoms with van der Waals surface area (Å²) in [6, 6.07) is 7.30. The van der Waals surface area contributed by atoms with Crippen molar-refractivity contribution in [3.63, 3.8) is 0 Å². The van der Waals surface area contributed by atoms with Gasteiger partial charge in [0.2, 0.25) is 0 Å². The first-order valence-electron chi connectivity index (χ1n) is 6.48. The maximum Gasteiger partial charge on any atom is 0.271 e. The molecule has 0 aromatic heterocycles. The number of amides is 1. The zero-order chi connectivity index (χ0) is 16.5. The predicted octanol–water partition coefficient (Wildman–Crippen LogP) is 1.09. The number of nitro benzene ring substituents is 1. The number of benzene rings is 1. The molecule has 8 nitrogen and oxygen atoms in total. The fourth-order valence-electron chi connectivity index (χ4n) is 1.51. The van der Waals surface area contributed by atoms with Gasteiger partial charge >= 0.3 is 0 Å². The Morgan fingerprint density at radius 3 is 2.82 bits per heavy atom. The molecular formula is C14H17N5O3. The van der Waals surface area contributed by atoms with Crippen LogP contribution >= 0.6 is 0 Å². The van der Waals surface area contributed by atoms with Crippen molar-refractivity contribution in [2.24, 2.45) is 0 Å². The largest absolute Gasteiger partial charge is 0.388 e. The van der Waals surface area contributed by atoms with Gasteiger partial charge in [-0.15, -0.1) is 0 Å². The lowest BCUT2D eigenvalue weighted by molar-refractivity contribution is -0.384. The van der Waals surface area contributed by atoms with E-state index < -0.39 is 10.8 Å². The molecule has 1 aromatic rings. The van der Waals surface area contributed by atoms with Gasteiger partial charge in [-0.2, -0.15) is 5.26 Å². The molecule has 0 aliphatic carbocycles. The minimum atomic E-state index is -0.625. The van der Waals surface area contributed by atoms with E-state index in [9.17, 15) is 14.9 Å². The molecule has 0 aliphatic rings. The van der Waals surface area contributed by atoms with Crippen LogP contribution in [0.5, 0.6) is 0 Å². The fraction of sp³-hybridized carbons (Fsp3) is 0.286. The number of anilines is 1. The maximum atomic E-state index is 11.9. The molecule has 1 amide bonds. The Morgan fingerprint density at radius 2 is 2.23 bits per heavy atom. The summed E-state index contributed by atoms with van der Waals surface area (Å²) in [4.78, 5) is 24.0. The normalized spacial score (nSPS) is 10.9. The molecule has 1 rings (SSSR count). The van der Waals surface area contributed by atoms with Gasteiger partial charge in [-0.3, -0.25) is 14.9 Å². The molecular weight excluding hydrogens is 286 g/mol. The minimum absolute atomic E-state index is 0.106. The highest BCUT2D eigenvalue weighted by atomic mass is 16.6. The molecule has 0 radical (unpaired) electrons. The fourth-order valence-corrected chi connectivity index (χ4v) is 1.51. The Hall–Kier alpha value is -2.92. The first-order valence-corrected chi connectivity index (χ1v) is 6.48. The lowest BCUT2D eigenvalue weighted by Crippen LogP contribution is -2.24. The Bertz CT molecular complexity index is 619. The van der Waals surface area contributed by atoms with Crippen molar-refractivity contribution in [3.05, 3.63) is 46.2 Å². The Morgan fingerprint density at radius 1 is 1.50 bits per heavy atom. The van der Waals surface area contributed by atoms with Crippen molar-refractivity contribution >= 4 is 17.3 Å². The van der Waals surface area contributed by atoms with Crippen LogP contribution in [0.1, 0.15) is 0 Å². The number of nitriles is 1. The van der Waals surface area contributed by atoms with E-state index in [-0.39, 0.29) is 16.9 Å². The highest BCUT2D eigenvalue weighted by molar-refractivity contribution is 6.06. The topological polar surface area (TPSA) is 111 Å². The second-order valence-corrected chi connectivity index (χ2v) is 4.69. The predicted molar refractivity (Wildman–Crippen MR) is 82.0 cm³/mol. The molecule has 0 heterocycles. The number of hydrogen-bond donors (Lipinski definition) is 2. The highest BCUT2D eigenvalue weighted by Crippen LogP contribution is 2.17. The van der Waals surface area contributed by atoms with Gasteiger partial charge in [-0.05, 0) is 20.2 Å². The van der Waals surface area contributed by atoms with Crippen LogP contribution in [0.25, 0.3) is 0 Å². The molecule has 0 saturated carbocycles. The van der Waals surface area contributed by atoms with E-state index in [0.717, 1.165) is 6.54 Å². The zero-order valence-electron chi connectivity index (χ0n) is 12.4. The SMILES string of the molecule is CN(C)CCN/C=C(/C#N)C(=O)Nc1cccc([N+](=O)[O-])c1.